The molecule has 5 aromatic rings. The van der Waals surface area contributed by atoms with Crippen LogP contribution in [0.1, 0.15) is 219 Å². The van der Waals surface area contributed by atoms with Crippen LogP contribution in [0.5, 0.6) is 0 Å². The fraction of sp³-hybridized carbons (Fsp3) is 0.609. The number of Topliss-reactive ketones (excluding diaryl/α,β-unsaturated/α-hetero) is 1. The smallest absolute Gasteiger partial charge is 0.444 e. The standard InChI is InChI=1S/C14H19N3O2.C12H25B2O4.2C11H17BN2O2.C10H14F3NO5S.C9H15NO3.C8H8F3NO4S2.C5H5BrN2.C3H6I2.C3H7I.CH4/c1-14(2,3)19-13(18)17-5-4-10(9-17)11-6-12(15)8-16-7-11;1-9(2,15)10(3,4)16-13-14-17-11(5,6)12(7,8)18-14;2*1-10(2)11(3,4)16-12(15-10)8-5-9(13)7-14-6-8;1-9(2,3)18-8(15)14-5-4-7(6-14)19-20(16,17)10(11,12)13;1-9(2,3)13-8(12)10-5-4-7(11)6-10;1-17(13,14)12(7-5-3-2-4-6-7)18(15,16)8(9,10)11;6-4-1-5(7)3-8-2-4;1-2-3(4)5;1-2-3-4;/h4,6-8H,5,9,15H2,1-3H3;15H,1-8H3;2*5-7H,13H2,1-4H3;4H,5-6H2,1-3H3;4-6H2,1-3H3;2-6H,1H3;1-3H,7H2;3H,2H2,1H3;2-3H2,1H3;1H4. The molecule has 6 aliphatic rings. The van der Waals surface area contributed by atoms with Crippen molar-refractivity contribution >= 4 is 211 Å². The number of nitrogens with zero attached hydrogens (tertiary/aromatic N) is 8. The van der Waals surface area contributed by atoms with Crippen molar-refractivity contribution < 1.29 is 127 Å². The zero-order valence-electron chi connectivity index (χ0n) is 82.8. The largest absolute Gasteiger partial charge is 0.534 e. The Balaban J connectivity index is 0.000000783. The van der Waals surface area contributed by atoms with Crippen LogP contribution in [-0.4, -0.2) is 242 Å². The number of carbonyl (C=O) groups is 4. The van der Waals surface area contributed by atoms with Crippen molar-refractivity contribution in [2.75, 3.05) is 76.6 Å². The third-order valence-corrected chi connectivity index (χ3v) is 28.0. The average molecular weight is 2420 g/mol. The molecule has 3 amide bonds. The maximum Gasteiger partial charge on any atom is 0.534 e. The molecule has 1 radical (unpaired) electrons. The number of nitrogens with two attached hydrogens (primary N) is 4. The number of hydrogen-bond donors (Lipinski definition) is 5. The molecule has 0 bridgehead atoms. The maximum absolute atomic E-state index is 12.4. The van der Waals surface area contributed by atoms with Gasteiger partial charge in [0.2, 0.25) is 10.0 Å². The van der Waals surface area contributed by atoms with Crippen LogP contribution in [0.4, 0.5) is 69.2 Å². The van der Waals surface area contributed by atoms with Crippen molar-refractivity contribution in [1.82, 2.24) is 34.6 Å². The summed E-state index contributed by atoms with van der Waals surface area (Å²) in [5, 5.41) is 10.00. The number of ketones is 1. The van der Waals surface area contributed by atoms with E-state index in [4.69, 9.17) is 69.7 Å². The molecule has 138 heavy (non-hydrogen) atoms. The summed E-state index contributed by atoms with van der Waals surface area (Å²) in [5.74, 6) is -0.362. The first-order chi connectivity index (χ1) is 61.9. The minimum Gasteiger partial charge on any atom is -0.444 e. The molecule has 51 heteroatoms. The van der Waals surface area contributed by atoms with Gasteiger partial charge in [-0.25, -0.2) is 22.8 Å². The van der Waals surface area contributed by atoms with Gasteiger partial charge in [-0.05, 0) is 260 Å². The molecule has 10 heterocycles. The van der Waals surface area contributed by atoms with E-state index in [0.29, 0.717) is 55.1 Å². The second kappa shape index (κ2) is 52.9. The van der Waals surface area contributed by atoms with Gasteiger partial charge in [0, 0.05) is 109 Å². The Bertz CT molecular complexity index is 5040. The van der Waals surface area contributed by atoms with Crippen molar-refractivity contribution in [2.24, 2.45) is 0 Å². The molecule has 4 fully saturated rings. The summed E-state index contributed by atoms with van der Waals surface area (Å²) in [6.07, 6.45) is 18.3. The molecule has 34 nitrogen and oxygen atoms in total. The number of aromatic nitrogens is 4. The number of benzene rings is 1. The number of anilines is 5. The van der Waals surface area contributed by atoms with E-state index >= 15 is 0 Å². The van der Waals surface area contributed by atoms with E-state index in [1.54, 1.807) is 95.2 Å². The highest BCUT2D eigenvalue weighted by molar-refractivity contribution is 14.2. The van der Waals surface area contributed by atoms with E-state index < -0.39 is 110 Å². The third-order valence-electron chi connectivity index (χ3n) is 20.3. The molecule has 777 valence electrons. The van der Waals surface area contributed by atoms with Gasteiger partial charge >= 0.3 is 78.1 Å². The molecular weight excluding hydrogens is 2280 g/mol. The van der Waals surface area contributed by atoms with Crippen molar-refractivity contribution in [3.05, 3.63) is 132 Å². The average Bonchev–Trinajstić information content (AvgIpc) is 1.60. The molecule has 9 N–H and O–H groups in total. The number of nitrogen functional groups attached to an aromatic ring is 4. The molecule has 0 saturated carbocycles. The summed E-state index contributed by atoms with van der Waals surface area (Å²) in [6, 6.07) is 13.1. The van der Waals surface area contributed by atoms with E-state index in [9.17, 15) is 75.9 Å². The molecule has 4 aromatic heterocycles. The third kappa shape index (κ3) is 43.7. The van der Waals surface area contributed by atoms with Gasteiger partial charge in [0.15, 0.2) is 5.78 Å². The Morgan fingerprint density at radius 1 is 0.558 bits per heavy atom. The number of pyridine rings is 4. The quantitative estimate of drug-likeness (QED) is 0.0131. The maximum atomic E-state index is 12.4. The number of hydrogen-bond acceptors (Lipinski definition) is 30. The van der Waals surface area contributed by atoms with E-state index in [1.807, 2.05) is 163 Å². The summed E-state index contributed by atoms with van der Waals surface area (Å²) in [4.78, 5) is 65.8. The Labute approximate surface area is 862 Å². The van der Waals surface area contributed by atoms with Crippen LogP contribution in [0.2, 0.25) is 0 Å². The number of alkyl halides is 9. The normalized spacial score (nSPS) is 17.3. The predicted octanol–water partition coefficient (Wildman–Crippen LogP) is 17.0. The molecule has 0 unspecified atom stereocenters. The van der Waals surface area contributed by atoms with Crippen molar-refractivity contribution in [2.45, 2.75) is 288 Å². The van der Waals surface area contributed by atoms with Crippen LogP contribution < -0.4 is 37.6 Å². The van der Waals surface area contributed by atoms with Gasteiger partial charge in [0.1, 0.15) is 22.6 Å². The van der Waals surface area contributed by atoms with Gasteiger partial charge in [0.05, 0.1) is 83.1 Å². The first-order valence-corrected chi connectivity index (χ1v) is 52.3. The van der Waals surface area contributed by atoms with Crippen LogP contribution in [-0.2, 0) is 85.9 Å². The van der Waals surface area contributed by atoms with Gasteiger partial charge < -0.3 is 88.8 Å². The van der Waals surface area contributed by atoms with Crippen LogP contribution in [0.15, 0.2) is 127 Å². The molecule has 4 saturated heterocycles. The van der Waals surface area contributed by atoms with E-state index in [1.165, 1.54) is 47.7 Å². The first kappa shape index (κ1) is 130. The number of carbonyl (C=O) groups excluding carboxylic acids is 4. The van der Waals surface area contributed by atoms with Crippen molar-refractivity contribution in [1.29, 1.82) is 0 Å². The van der Waals surface area contributed by atoms with E-state index in [0.717, 1.165) is 51.6 Å². The Hall–Kier alpha value is -6.38. The minimum absolute atomic E-state index is 0. The first-order valence-electron chi connectivity index (χ1n) is 42.8. The molecule has 0 spiro atoms. The van der Waals surface area contributed by atoms with Gasteiger partial charge in [-0.2, -0.15) is 46.9 Å². The highest BCUT2D eigenvalue weighted by Crippen LogP contribution is 2.41. The highest BCUT2D eigenvalue weighted by atomic mass is 127. The number of ether oxygens (including phenoxy) is 3. The molecule has 0 atom stereocenters. The van der Waals surface area contributed by atoms with Crippen LogP contribution in [0, 0.1) is 0 Å². The number of rotatable bonds is 14. The molecular formula is C87H137B4BrF6I3N12O22S3. The number of aliphatic hydroxyl groups is 1. The number of sulfonamides is 2. The molecule has 6 aliphatic heterocycles. The number of para-hydroxylation sites is 1. The Morgan fingerprint density at radius 3 is 1.24 bits per heavy atom. The lowest BCUT2D eigenvalue weighted by atomic mass is 9.55. The van der Waals surface area contributed by atoms with Crippen LogP contribution in [0.3, 0.4) is 0 Å². The fourth-order valence-corrected chi connectivity index (χ4v) is 13.9. The van der Waals surface area contributed by atoms with Gasteiger partial charge in [-0.15, -0.1) is 0 Å². The second-order valence-electron chi connectivity index (χ2n) is 38.2. The highest BCUT2D eigenvalue weighted by Gasteiger charge is 2.57. The number of amides is 3. The molecule has 0 aliphatic carbocycles. The Kier molecular flexibility index (Phi) is 49.7. The zero-order valence-corrected chi connectivity index (χ0v) is 93.3. The van der Waals surface area contributed by atoms with Gasteiger partial charge in [0.25, 0.3) is 0 Å². The summed E-state index contributed by atoms with van der Waals surface area (Å²) in [5.41, 5.74) is 11.4. The Morgan fingerprint density at radius 2 is 0.920 bits per heavy atom. The molecule has 1 aromatic carbocycles. The predicted molar refractivity (Wildman–Crippen MR) is 559 cm³/mol. The lowest BCUT2D eigenvalue weighted by Gasteiger charge is -2.37. The van der Waals surface area contributed by atoms with Crippen molar-refractivity contribution in [3.63, 3.8) is 0 Å². The number of likely N-dealkylation sites (tertiary alicyclic amines) is 1. The lowest BCUT2D eigenvalue weighted by molar-refractivity contribution is -0.117. The topological polar surface area (TPSA) is 461 Å². The summed E-state index contributed by atoms with van der Waals surface area (Å²) < 4.78 is 203. The lowest BCUT2D eigenvalue weighted by Crippen LogP contribution is -2.50. The summed E-state index contributed by atoms with van der Waals surface area (Å²) in [6.45, 7) is 52.7. The minimum atomic E-state index is -6.00. The van der Waals surface area contributed by atoms with E-state index in [2.05, 4.69) is 122 Å². The fourth-order valence-electron chi connectivity index (χ4n) is 10.3. The SMILES string of the molecule is C.CC(C)(C)OC(=O)N1CC=C(OS(=O)(=O)C(F)(F)F)C1.CC(C)(C)OC(=O)N1CC=C(c2cncc(N)c2)C1.CC(C)(C)OC(=O)N1CCC(=O)C1.CC(C)(O)C(C)(C)O[B]B1OC(C)(C)C(C)(C)O1.CC1(C)OB(c2cncc(N)c2)OC1(C)C.CC1(C)OB(c2cncc(N)c2)OC1(C)C.CCC(I)I.CCCI.CS(=O)(=O)N(c1ccccc1)S(=O)(=O)C(F)(F)F.Nc1cncc(Br)c1. The van der Waals surface area contributed by atoms with Crippen LogP contribution >= 0.6 is 83.7 Å². The zero-order chi connectivity index (χ0) is 106. The monoisotopic (exact) mass is 2420 g/mol. The van der Waals surface area contributed by atoms with Crippen LogP contribution in [0.25, 0.3) is 5.57 Å². The second-order valence-corrected chi connectivity index (χ2v) is 51.0. The summed E-state index contributed by atoms with van der Waals surface area (Å²) >= 11 is 10.4. The van der Waals surface area contributed by atoms with Gasteiger partial charge in [-0.3, -0.25) is 29.6 Å². The van der Waals surface area contributed by atoms with Crippen molar-refractivity contribution in [3.8, 4) is 0 Å². The summed E-state index contributed by atoms with van der Waals surface area (Å²) in [7, 11) is -16.1. The number of halogens is 10. The van der Waals surface area contributed by atoms with Gasteiger partial charge in [-0.1, -0.05) is 113 Å². The molecule has 11 rings (SSSR count). The van der Waals surface area contributed by atoms with E-state index in [-0.39, 0.29) is 80.2 Å².